The van der Waals surface area contributed by atoms with Gasteiger partial charge in [-0.25, -0.2) is 15.0 Å². The molecular formula is C28H20N4. The van der Waals surface area contributed by atoms with Gasteiger partial charge in [0, 0.05) is 45.5 Å². The highest BCUT2D eigenvalue weighted by Gasteiger charge is 2.14. The lowest BCUT2D eigenvalue weighted by molar-refractivity contribution is 1.01. The van der Waals surface area contributed by atoms with E-state index in [2.05, 4.69) is 54.1 Å². The molecule has 4 heteroatoms. The van der Waals surface area contributed by atoms with Gasteiger partial charge in [0.25, 0.3) is 0 Å². The van der Waals surface area contributed by atoms with Gasteiger partial charge in [0.2, 0.25) is 0 Å². The van der Waals surface area contributed by atoms with E-state index in [1.54, 1.807) is 0 Å². The first-order valence-electron chi connectivity index (χ1n) is 10.6. The minimum absolute atomic E-state index is 0.674. The molecule has 0 saturated heterocycles. The lowest BCUT2D eigenvalue weighted by Crippen LogP contribution is -2.00. The minimum atomic E-state index is 0.674. The lowest BCUT2D eigenvalue weighted by atomic mass is 10.1. The molecule has 4 aromatic carbocycles. The Bertz CT molecular complexity index is 1510. The Labute approximate surface area is 185 Å². The molecule has 0 saturated carbocycles. The first-order chi connectivity index (χ1) is 15.8. The molecule has 152 valence electrons. The Morgan fingerprint density at radius 1 is 0.469 bits per heavy atom. The van der Waals surface area contributed by atoms with Crippen LogP contribution in [0.2, 0.25) is 0 Å². The Morgan fingerprint density at radius 2 is 0.969 bits per heavy atom. The van der Waals surface area contributed by atoms with Crippen LogP contribution < -0.4 is 0 Å². The van der Waals surface area contributed by atoms with E-state index in [1.807, 2.05) is 60.7 Å². The summed E-state index contributed by atoms with van der Waals surface area (Å²) in [7, 11) is 2.11. The average Bonchev–Trinajstić information content (AvgIpc) is 3.16. The van der Waals surface area contributed by atoms with Crippen LogP contribution in [0, 0.1) is 0 Å². The van der Waals surface area contributed by atoms with E-state index in [9.17, 15) is 0 Å². The quantitative estimate of drug-likeness (QED) is 0.332. The molecule has 0 atom stereocenters. The van der Waals surface area contributed by atoms with Crippen molar-refractivity contribution in [2.45, 2.75) is 0 Å². The van der Waals surface area contributed by atoms with E-state index < -0.39 is 0 Å². The minimum Gasteiger partial charge on any atom is -0.344 e. The van der Waals surface area contributed by atoms with Crippen molar-refractivity contribution in [2.24, 2.45) is 7.05 Å². The van der Waals surface area contributed by atoms with Gasteiger partial charge in [-0.2, -0.15) is 0 Å². The third-order valence-electron chi connectivity index (χ3n) is 5.87. The normalized spacial score (nSPS) is 11.3. The Kier molecular flexibility index (Phi) is 4.29. The van der Waals surface area contributed by atoms with Crippen LogP contribution in [-0.2, 0) is 7.05 Å². The van der Waals surface area contributed by atoms with Crippen molar-refractivity contribution in [1.29, 1.82) is 0 Å². The molecule has 0 spiro atoms. The monoisotopic (exact) mass is 412 g/mol. The van der Waals surface area contributed by atoms with E-state index in [0.29, 0.717) is 17.5 Å². The second kappa shape index (κ2) is 7.43. The van der Waals surface area contributed by atoms with Crippen molar-refractivity contribution in [3.8, 4) is 34.2 Å². The highest BCUT2D eigenvalue weighted by atomic mass is 15.0. The van der Waals surface area contributed by atoms with Crippen LogP contribution in [0.1, 0.15) is 0 Å². The average molecular weight is 412 g/mol. The molecule has 2 aromatic heterocycles. The zero-order valence-electron chi connectivity index (χ0n) is 17.6. The molecule has 0 amide bonds. The Morgan fingerprint density at radius 3 is 1.59 bits per heavy atom. The Hall–Kier alpha value is -4.31. The first-order valence-corrected chi connectivity index (χ1v) is 10.6. The predicted octanol–water partition coefficient (Wildman–Crippen LogP) is 6.52. The van der Waals surface area contributed by atoms with Crippen LogP contribution in [0.5, 0.6) is 0 Å². The van der Waals surface area contributed by atoms with Crippen molar-refractivity contribution in [1.82, 2.24) is 19.5 Å². The maximum atomic E-state index is 4.86. The van der Waals surface area contributed by atoms with Gasteiger partial charge in [0.1, 0.15) is 0 Å². The smallest absolute Gasteiger partial charge is 0.164 e. The van der Waals surface area contributed by atoms with Crippen molar-refractivity contribution in [3.05, 3.63) is 103 Å². The molecule has 0 aliphatic rings. The summed E-state index contributed by atoms with van der Waals surface area (Å²) in [5, 5.41) is 2.43. The number of fused-ring (bicyclic) bond motifs is 3. The maximum Gasteiger partial charge on any atom is 0.164 e. The van der Waals surface area contributed by atoms with E-state index in [-0.39, 0.29) is 0 Å². The Balaban J connectivity index is 1.59. The second-order valence-electron chi connectivity index (χ2n) is 7.85. The summed E-state index contributed by atoms with van der Waals surface area (Å²) in [6.07, 6.45) is 0. The molecule has 0 fully saturated rings. The van der Waals surface area contributed by atoms with Crippen LogP contribution in [-0.4, -0.2) is 19.5 Å². The molecule has 6 rings (SSSR count). The number of aryl methyl sites for hydroxylation is 1. The zero-order chi connectivity index (χ0) is 21.5. The van der Waals surface area contributed by atoms with Crippen LogP contribution in [0.3, 0.4) is 0 Å². The van der Waals surface area contributed by atoms with Gasteiger partial charge in [-0.05, 0) is 24.3 Å². The third-order valence-corrected chi connectivity index (χ3v) is 5.87. The second-order valence-corrected chi connectivity index (χ2v) is 7.85. The van der Waals surface area contributed by atoms with Crippen LogP contribution in [0.15, 0.2) is 103 Å². The summed E-state index contributed by atoms with van der Waals surface area (Å²) >= 11 is 0. The van der Waals surface area contributed by atoms with E-state index in [4.69, 9.17) is 15.0 Å². The summed E-state index contributed by atoms with van der Waals surface area (Å²) in [4.78, 5) is 14.5. The van der Waals surface area contributed by atoms with Crippen molar-refractivity contribution < 1.29 is 0 Å². The summed E-state index contributed by atoms with van der Waals surface area (Å²) < 4.78 is 2.23. The van der Waals surface area contributed by atoms with Gasteiger partial charge in [-0.15, -0.1) is 0 Å². The lowest BCUT2D eigenvalue weighted by Gasteiger charge is -2.08. The summed E-state index contributed by atoms with van der Waals surface area (Å²) in [6, 6.07) is 35.0. The molecule has 32 heavy (non-hydrogen) atoms. The van der Waals surface area contributed by atoms with E-state index in [0.717, 1.165) is 16.7 Å². The number of aromatic nitrogens is 4. The molecule has 0 radical (unpaired) electrons. The molecule has 0 N–H and O–H groups in total. The zero-order valence-corrected chi connectivity index (χ0v) is 17.6. The van der Waals surface area contributed by atoms with Crippen molar-refractivity contribution in [2.75, 3.05) is 0 Å². The fraction of sp³-hybridized carbons (Fsp3) is 0.0357. The van der Waals surface area contributed by atoms with Crippen LogP contribution in [0.4, 0.5) is 0 Å². The van der Waals surface area contributed by atoms with E-state index >= 15 is 0 Å². The van der Waals surface area contributed by atoms with Crippen LogP contribution >= 0.6 is 0 Å². The number of benzene rings is 4. The first kappa shape index (κ1) is 18.5. The maximum absolute atomic E-state index is 4.86. The molecule has 0 unspecified atom stereocenters. The van der Waals surface area contributed by atoms with Crippen molar-refractivity contribution in [3.63, 3.8) is 0 Å². The van der Waals surface area contributed by atoms with Gasteiger partial charge in [-0.3, -0.25) is 0 Å². The van der Waals surface area contributed by atoms with E-state index in [1.165, 1.54) is 21.8 Å². The van der Waals surface area contributed by atoms with Gasteiger partial charge in [-0.1, -0.05) is 78.9 Å². The summed E-state index contributed by atoms with van der Waals surface area (Å²) in [5.74, 6) is 2.02. The topological polar surface area (TPSA) is 43.6 Å². The number of rotatable bonds is 3. The highest BCUT2D eigenvalue weighted by molar-refractivity contribution is 6.09. The highest BCUT2D eigenvalue weighted by Crippen LogP contribution is 2.32. The predicted molar refractivity (Wildman–Crippen MR) is 130 cm³/mol. The number of para-hydroxylation sites is 1. The molecule has 4 nitrogen and oxygen atoms in total. The van der Waals surface area contributed by atoms with Gasteiger partial charge in [0.15, 0.2) is 17.5 Å². The summed E-state index contributed by atoms with van der Waals surface area (Å²) in [5.41, 5.74) is 5.32. The number of hydrogen-bond donors (Lipinski definition) is 0. The SMILES string of the molecule is Cn1c2ccccc2c2cc(-c3nc(-c4ccccc4)nc(-c4ccccc4)n3)ccc21. The molecular weight excluding hydrogens is 392 g/mol. The summed E-state index contributed by atoms with van der Waals surface area (Å²) in [6.45, 7) is 0. The standard InChI is InChI=1S/C28H20N4/c1-32-24-15-9-8-14-22(24)23-18-21(16-17-25(23)32)28-30-26(19-10-4-2-5-11-19)29-27(31-28)20-12-6-3-7-13-20/h2-18H,1H3. The third kappa shape index (κ3) is 3.05. The number of nitrogens with zero attached hydrogens (tertiary/aromatic N) is 4. The molecule has 0 aliphatic carbocycles. The van der Waals surface area contributed by atoms with Gasteiger partial charge >= 0.3 is 0 Å². The molecule has 0 aliphatic heterocycles. The fourth-order valence-electron chi connectivity index (χ4n) is 4.24. The molecule has 0 bridgehead atoms. The molecule has 6 aromatic rings. The largest absolute Gasteiger partial charge is 0.344 e. The van der Waals surface area contributed by atoms with Crippen molar-refractivity contribution >= 4 is 21.8 Å². The van der Waals surface area contributed by atoms with Crippen LogP contribution in [0.25, 0.3) is 56.0 Å². The van der Waals surface area contributed by atoms with Gasteiger partial charge < -0.3 is 4.57 Å². The molecule has 2 heterocycles. The fourth-order valence-corrected chi connectivity index (χ4v) is 4.24. The van der Waals surface area contributed by atoms with Gasteiger partial charge in [0.05, 0.1) is 0 Å². The number of hydrogen-bond acceptors (Lipinski definition) is 3.